The Balaban J connectivity index is 1.43. The van der Waals surface area contributed by atoms with E-state index < -0.39 is 0 Å². The minimum absolute atomic E-state index is 0.0509. The van der Waals surface area contributed by atoms with Crippen LogP contribution >= 0.6 is 0 Å². The lowest BCUT2D eigenvalue weighted by atomic mass is 9.87. The van der Waals surface area contributed by atoms with Crippen LogP contribution in [0.3, 0.4) is 0 Å². The third kappa shape index (κ3) is 2.93. The Morgan fingerprint density at radius 1 is 1.07 bits per heavy atom. The van der Waals surface area contributed by atoms with Crippen molar-refractivity contribution in [2.24, 2.45) is 0 Å². The van der Waals surface area contributed by atoms with E-state index in [0.717, 1.165) is 30.5 Å². The monoisotopic (exact) mass is 369 g/mol. The highest BCUT2D eigenvalue weighted by Crippen LogP contribution is 2.29. The van der Waals surface area contributed by atoms with Gasteiger partial charge in [-0.2, -0.15) is 4.68 Å². The molecule has 2 aromatic heterocycles. The average molecular weight is 369 g/mol. The third-order valence-corrected chi connectivity index (χ3v) is 5.24. The molecule has 2 aromatic carbocycles. The summed E-state index contributed by atoms with van der Waals surface area (Å²) in [6.07, 6.45) is 4.82. The van der Waals surface area contributed by atoms with E-state index in [2.05, 4.69) is 38.8 Å². The number of fused-ring (bicyclic) bond motifs is 2. The topological polar surface area (TPSA) is 72.7 Å². The van der Waals surface area contributed by atoms with Crippen LogP contribution in [0.5, 0.6) is 0 Å². The van der Waals surface area contributed by atoms with Crippen molar-refractivity contribution in [3.05, 3.63) is 83.6 Å². The van der Waals surface area contributed by atoms with Crippen LogP contribution < -0.4 is 5.32 Å². The second kappa shape index (κ2) is 6.88. The van der Waals surface area contributed by atoms with Gasteiger partial charge in [0.15, 0.2) is 5.65 Å². The number of hydrogen-bond acceptors (Lipinski definition) is 4. The number of aryl methyl sites for hydroxylation is 1. The summed E-state index contributed by atoms with van der Waals surface area (Å²) in [4.78, 5) is 17.3. The van der Waals surface area contributed by atoms with Gasteiger partial charge in [-0.25, -0.2) is 4.98 Å². The van der Waals surface area contributed by atoms with Gasteiger partial charge in [0, 0.05) is 11.8 Å². The smallest absolute Gasteiger partial charge is 0.251 e. The Bertz CT molecular complexity index is 1170. The van der Waals surface area contributed by atoms with E-state index in [1.807, 2.05) is 42.5 Å². The van der Waals surface area contributed by atoms with E-state index in [1.165, 1.54) is 11.1 Å². The average Bonchev–Trinajstić information content (AvgIpc) is 3.18. The molecular weight excluding hydrogens is 350 g/mol. The van der Waals surface area contributed by atoms with Crippen LogP contribution in [0, 0.1) is 0 Å². The Kier molecular flexibility index (Phi) is 4.09. The summed E-state index contributed by atoms with van der Waals surface area (Å²) >= 11 is 0. The molecule has 0 unspecified atom stereocenters. The number of rotatable bonds is 3. The van der Waals surface area contributed by atoms with Gasteiger partial charge in [-0.15, -0.1) is 5.10 Å². The predicted octanol–water partition coefficient (Wildman–Crippen LogP) is 3.62. The molecule has 138 valence electrons. The number of hydrogen-bond donors (Lipinski definition) is 1. The first kappa shape index (κ1) is 16.6. The Morgan fingerprint density at radius 2 is 2.00 bits per heavy atom. The van der Waals surface area contributed by atoms with Crippen LogP contribution in [-0.2, 0) is 6.42 Å². The van der Waals surface area contributed by atoms with Crippen LogP contribution in [-0.4, -0.2) is 25.9 Å². The summed E-state index contributed by atoms with van der Waals surface area (Å²) < 4.78 is 1.65. The molecule has 2 heterocycles. The maximum Gasteiger partial charge on any atom is 0.251 e. The first-order chi connectivity index (χ1) is 13.8. The van der Waals surface area contributed by atoms with Gasteiger partial charge >= 0.3 is 0 Å². The number of carbonyl (C=O) groups is 1. The molecule has 1 atom stereocenters. The van der Waals surface area contributed by atoms with E-state index >= 15 is 0 Å². The number of carbonyl (C=O) groups excluding carboxylic acids is 1. The Morgan fingerprint density at radius 3 is 2.96 bits per heavy atom. The second-order valence-electron chi connectivity index (χ2n) is 7.01. The van der Waals surface area contributed by atoms with Crippen molar-refractivity contribution in [1.82, 2.24) is 25.3 Å². The molecule has 1 amide bonds. The normalized spacial score (nSPS) is 15.9. The first-order valence-corrected chi connectivity index (χ1v) is 9.45. The molecule has 0 spiro atoms. The lowest BCUT2D eigenvalue weighted by Crippen LogP contribution is -2.31. The lowest BCUT2D eigenvalue weighted by Gasteiger charge is -2.26. The minimum Gasteiger partial charge on any atom is -0.345 e. The van der Waals surface area contributed by atoms with Crippen LogP contribution in [0.15, 0.2) is 66.9 Å². The van der Waals surface area contributed by atoms with Crippen LogP contribution in [0.4, 0.5) is 0 Å². The van der Waals surface area contributed by atoms with Crippen molar-refractivity contribution in [3.8, 4) is 5.69 Å². The summed E-state index contributed by atoms with van der Waals surface area (Å²) in [6.45, 7) is 0. The van der Waals surface area contributed by atoms with Gasteiger partial charge in [0.2, 0.25) is 0 Å². The van der Waals surface area contributed by atoms with Gasteiger partial charge in [0.1, 0.15) is 5.52 Å². The zero-order chi connectivity index (χ0) is 18.9. The summed E-state index contributed by atoms with van der Waals surface area (Å²) in [5.41, 5.74) is 5.30. The molecule has 1 N–H and O–H groups in total. The largest absolute Gasteiger partial charge is 0.345 e. The van der Waals surface area contributed by atoms with Gasteiger partial charge in [-0.1, -0.05) is 35.5 Å². The standard InChI is InChI=1S/C22H19N5O/c28-22(24-19-11-4-7-15-6-1-2-10-18(15)19)16-8-3-9-17(14-16)27-21-20(25-26-27)12-5-13-23-21/h1-3,5-6,8-10,12-14,19H,4,7,11H2,(H,24,28)/t19-/m0/s1. The third-order valence-electron chi connectivity index (χ3n) is 5.24. The highest BCUT2D eigenvalue weighted by atomic mass is 16.1. The summed E-state index contributed by atoms with van der Waals surface area (Å²) in [5, 5.41) is 11.5. The minimum atomic E-state index is -0.0825. The molecule has 0 saturated carbocycles. The van der Waals surface area contributed by atoms with E-state index in [1.54, 1.807) is 10.9 Å². The van der Waals surface area contributed by atoms with E-state index in [0.29, 0.717) is 11.2 Å². The van der Waals surface area contributed by atoms with Gasteiger partial charge in [0.05, 0.1) is 11.7 Å². The second-order valence-corrected chi connectivity index (χ2v) is 7.01. The van der Waals surface area contributed by atoms with Crippen molar-refractivity contribution < 1.29 is 4.79 Å². The predicted molar refractivity (Wildman–Crippen MR) is 106 cm³/mol. The maximum absolute atomic E-state index is 12.9. The van der Waals surface area contributed by atoms with Gasteiger partial charge < -0.3 is 5.32 Å². The Labute approximate surface area is 162 Å². The van der Waals surface area contributed by atoms with E-state index in [4.69, 9.17) is 0 Å². The molecule has 6 heteroatoms. The first-order valence-electron chi connectivity index (χ1n) is 9.45. The van der Waals surface area contributed by atoms with E-state index in [-0.39, 0.29) is 11.9 Å². The number of amides is 1. The van der Waals surface area contributed by atoms with Crippen LogP contribution in [0.2, 0.25) is 0 Å². The highest BCUT2D eigenvalue weighted by Gasteiger charge is 2.22. The van der Waals surface area contributed by atoms with Crippen molar-refractivity contribution in [2.45, 2.75) is 25.3 Å². The number of benzene rings is 2. The highest BCUT2D eigenvalue weighted by molar-refractivity contribution is 5.95. The Hall–Kier alpha value is -3.54. The number of nitrogens with zero attached hydrogens (tertiary/aromatic N) is 4. The number of aromatic nitrogens is 4. The fraction of sp³-hybridized carbons (Fsp3) is 0.182. The molecule has 6 nitrogen and oxygen atoms in total. The summed E-state index contributed by atoms with van der Waals surface area (Å²) in [6, 6.07) is 19.5. The zero-order valence-corrected chi connectivity index (χ0v) is 15.2. The van der Waals surface area contributed by atoms with Crippen molar-refractivity contribution in [1.29, 1.82) is 0 Å². The van der Waals surface area contributed by atoms with Crippen molar-refractivity contribution in [3.63, 3.8) is 0 Å². The molecule has 1 aliphatic rings. The molecule has 0 fully saturated rings. The SMILES string of the molecule is O=C(N[C@H]1CCCc2ccccc21)c1cccc(-n2nnc3cccnc32)c1. The van der Waals surface area contributed by atoms with Crippen LogP contribution in [0.1, 0.15) is 40.4 Å². The fourth-order valence-corrected chi connectivity index (χ4v) is 3.86. The van der Waals surface area contributed by atoms with Crippen LogP contribution in [0.25, 0.3) is 16.9 Å². The number of nitrogens with one attached hydrogen (secondary N) is 1. The fourth-order valence-electron chi connectivity index (χ4n) is 3.86. The molecule has 0 aliphatic heterocycles. The summed E-state index contributed by atoms with van der Waals surface area (Å²) in [7, 11) is 0. The molecule has 0 saturated heterocycles. The molecule has 0 bridgehead atoms. The quantitative estimate of drug-likeness (QED) is 0.599. The van der Waals surface area contributed by atoms with Gasteiger partial charge in [-0.3, -0.25) is 4.79 Å². The molecule has 0 radical (unpaired) electrons. The van der Waals surface area contributed by atoms with E-state index in [9.17, 15) is 4.79 Å². The van der Waals surface area contributed by atoms with Gasteiger partial charge in [0.25, 0.3) is 5.91 Å². The molecule has 1 aliphatic carbocycles. The summed E-state index contributed by atoms with van der Waals surface area (Å²) in [5.74, 6) is -0.0825. The van der Waals surface area contributed by atoms with Gasteiger partial charge in [-0.05, 0) is 60.7 Å². The zero-order valence-electron chi connectivity index (χ0n) is 15.2. The van der Waals surface area contributed by atoms with Crippen molar-refractivity contribution in [2.75, 3.05) is 0 Å². The lowest BCUT2D eigenvalue weighted by molar-refractivity contribution is 0.0932. The molecule has 5 rings (SSSR count). The maximum atomic E-state index is 12.9. The number of pyridine rings is 1. The molecule has 4 aromatic rings. The molecule has 28 heavy (non-hydrogen) atoms. The molecular formula is C22H19N5O. The van der Waals surface area contributed by atoms with Crippen molar-refractivity contribution >= 4 is 17.1 Å².